The van der Waals surface area contributed by atoms with E-state index < -0.39 is 0 Å². The van der Waals surface area contributed by atoms with Gasteiger partial charge >= 0.3 is 0 Å². The van der Waals surface area contributed by atoms with Crippen molar-refractivity contribution in [1.82, 2.24) is 14.8 Å². The number of amides is 1. The number of ether oxygens (including phenoxy) is 1. The molecule has 0 spiro atoms. The first kappa shape index (κ1) is 19.8. The van der Waals surface area contributed by atoms with Gasteiger partial charge in [-0.2, -0.15) is 9.78 Å². The molecule has 4 rings (SSSR count). The normalized spacial score (nSPS) is 10.8. The highest BCUT2D eigenvalue weighted by molar-refractivity contribution is 7.12. The van der Waals surface area contributed by atoms with Gasteiger partial charge in [0.1, 0.15) is 11.6 Å². The standard InChI is InChI=1S/C23H22N4O2S/c1-4-29-19-10-8-17(9-11-19)20-14-30-23(24-20)27-21(13-16(3)26-27)25-22(28)18-7-5-6-15(2)12-18/h5-14H,4H2,1-3H3,(H,25,28). The lowest BCUT2D eigenvalue weighted by atomic mass is 10.1. The van der Waals surface area contributed by atoms with E-state index in [9.17, 15) is 4.79 Å². The molecule has 0 aliphatic rings. The van der Waals surface area contributed by atoms with E-state index in [1.54, 1.807) is 10.7 Å². The maximum Gasteiger partial charge on any atom is 0.256 e. The summed E-state index contributed by atoms with van der Waals surface area (Å²) in [7, 11) is 0. The summed E-state index contributed by atoms with van der Waals surface area (Å²) in [6.07, 6.45) is 0. The van der Waals surface area contributed by atoms with Gasteiger partial charge in [-0.15, -0.1) is 11.3 Å². The van der Waals surface area contributed by atoms with Crippen molar-refractivity contribution in [2.75, 3.05) is 11.9 Å². The smallest absolute Gasteiger partial charge is 0.256 e. The molecule has 0 atom stereocenters. The number of benzene rings is 2. The molecule has 0 saturated carbocycles. The Morgan fingerprint density at radius 1 is 1.13 bits per heavy atom. The van der Waals surface area contributed by atoms with Crippen molar-refractivity contribution in [3.8, 4) is 22.1 Å². The monoisotopic (exact) mass is 418 g/mol. The van der Waals surface area contributed by atoms with Crippen LogP contribution in [0.4, 0.5) is 5.82 Å². The first-order chi connectivity index (χ1) is 14.5. The van der Waals surface area contributed by atoms with Crippen molar-refractivity contribution < 1.29 is 9.53 Å². The minimum absolute atomic E-state index is 0.178. The molecule has 152 valence electrons. The van der Waals surface area contributed by atoms with Gasteiger partial charge < -0.3 is 10.1 Å². The zero-order valence-electron chi connectivity index (χ0n) is 17.0. The molecule has 0 fully saturated rings. The SMILES string of the molecule is CCOc1ccc(-c2csc(-n3nc(C)cc3NC(=O)c3cccc(C)c3)n2)cc1. The number of nitrogens with one attached hydrogen (secondary N) is 1. The minimum Gasteiger partial charge on any atom is -0.494 e. The summed E-state index contributed by atoms with van der Waals surface area (Å²) < 4.78 is 7.17. The Morgan fingerprint density at radius 2 is 1.93 bits per heavy atom. The Labute approximate surface area is 179 Å². The largest absolute Gasteiger partial charge is 0.494 e. The van der Waals surface area contributed by atoms with Crippen LogP contribution in [-0.4, -0.2) is 27.3 Å². The van der Waals surface area contributed by atoms with E-state index in [-0.39, 0.29) is 5.91 Å². The average Bonchev–Trinajstić information content (AvgIpc) is 3.35. The highest BCUT2D eigenvalue weighted by Crippen LogP contribution is 2.28. The number of rotatable bonds is 6. The lowest BCUT2D eigenvalue weighted by Crippen LogP contribution is -2.15. The fourth-order valence-corrected chi connectivity index (χ4v) is 3.89. The molecule has 2 aromatic heterocycles. The highest BCUT2D eigenvalue weighted by atomic mass is 32.1. The Balaban J connectivity index is 1.59. The fraction of sp³-hybridized carbons (Fsp3) is 0.174. The van der Waals surface area contributed by atoms with E-state index in [4.69, 9.17) is 9.72 Å². The molecule has 7 heteroatoms. The van der Waals surface area contributed by atoms with E-state index in [0.29, 0.717) is 23.1 Å². The summed E-state index contributed by atoms with van der Waals surface area (Å²) in [5.74, 6) is 1.25. The van der Waals surface area contributed by atoms with Crippen LogP contribution in [0.1, 0.15) is 28.5 Å². The number of thiazole rings is 1. The summed E-state index contributed by atoms with van der Waals surface area (Å²) in [5.41, 5.74) is 4.28. The summed E-state index contributed by atoms with van der Waals surface area (Å²) in [5, 5.41) is 10.1. The number of carbonyl (C=O) groups is 1. The van der Waals surface area contributed by atoms with E-state index in [1.807, 2.05) is 74.7 Å². The third kappa shape index (κ3) is 4.26. The van der Waals surface area contributed by atoms with Gasteiger partial charge in [-0.25, -0.2) is 4.98 Å². The highest BCUT2D eigenvalue weighted by Gasteiger charge is 2.15. The minimum atomic E-state index is -0.178. The number of hydrogen-bond acceptors (Lipinski definition) is 5. The van der Waals surface area contributed by atoms with E-state index in [2.05, 4.69) is 10.4 Å². The van der Waals surface area contributed by atoms with Gasteiger partial charge in [0.05, 0.1) is 18.0 Å². The van der Waals surface area contributed by atoms with Crippen LogP contribution in [-0.2, 0) is 0 Å². The molecule has 0 aliphatic heterocycles. The number of aromatic nitrogens is 3. The molecular weight excluding hydrogens is 396 g/mol. The zero-order chi connectivity index (χ0) is 21.1. The maximum absolute atomic E-state index is 12.7. The molecule has 0 radical (unpaired) electrons. The zero-order valence-corrected chi connectivity index (χ0v) is 17.9. The number of hydrogen-bond donors (Lipinski definition) is 1. The van der Waals surface area contributed by atoms with Gasteiger partial charge in [-0.05, 0) is 57.2 Å². The molecule has 0 bridgehead atoms. The van der Waals surface area contributed by atoms with Crippen molar-refractivity contribution >= 4 is 23.1 Å². The summed E-state index contributed by atoms with van der Waals surface area (Å²) in [4.78, 5) is 17.4. The van der Waals surface area contributed by atoms with Crippen molar-refractivity contribution in [2.45, 2.75) is 20.8 Å². The molecule has 4 aromatic rings. The lowest BCUT2D eigenvalue weighted by Gasteiger charge is -2.07. The van der Waals surface area contributed by atoms with Crippen molar-refractivity contribution in [2.24, 2.45) is 0 Å². The number of nitrogens with zero attached hydrogens (tertiary/aromatic N) is 3. The molecule has 0 saturated heterocycles. The van der Waals surface area contributed by atoms with Gasteiger partial charge in [0, 0.05) is 22.6 Å². The van der Waals surface area contributed by atoms with Gasteiger partial charge in [0.15, 0.2) is 0 Å². The van der Waals surface area contributed by atoms with Crippen molar-refractivity contribution in [3.05, 3.63) is 76.8 Å². The number of carbonyl (C=O) groups excluding carboxylic acids is 1. The second-order valence-electron chi connectivity index (χ2n) is 6.88. The predicted octanol–water partition coefficient (Wildman–Crippen LogP) is 5.26. The fourth-order valence-electron chi connectivity index (χ4n) is 3.09. The van der Waals surface area contributed by atoms with Crippen LogP contribution in [0.15, 0.2) is 60.0 Å². The van der Waals surface area contributed by atoms with Crippen LogP contribution in [0.3, 0.4) is 0 Å². The number of anilines is 1. The predicted molar refractivity (Wildman–Crippen MR) is 120 cm³/mol. The second kappa shape index (κ2) is 8.51. The van der Waals surface area contributed by atoms with Crippen LogP contribution >= 0.6 is 11.3 Å². The average molecular weight is 419 g/mol. The second-order valence-corrected chi connectivity index (χ2v) is 7.72. The number of aryl methyl sites for hydroxylation is 2. The summed E-state index contributed by atoms with van der Waals surface area (Å²) in [6.45, 7) is 6.45. The molecule has 0 aliphatic carbocycles. The first-order valence-corrected chi connectivity index (χ1v) is 10.6. The van der Waals surface area contributed by atoms with Crippen molar-refractivity contribution in [3.63, 3.8) is 0 Å². The molecular formula is C23H22N4O2S. The van der Waals surface area contributed by atoms with Crippen LogP contribution in [0, 0.1) is 13.8 Å². The Bertz CT molecular complexity index is 1180. The lowest BCUT2D eigenvalue weighted by molar-refractivity contribution is 0.102. The van der Waals surface area contributed by atoms with Gasteiger partial charge in [-0.3, -0.25) is 4.79 Å². The molecule has 30 heavy (non-hydrogen) atoms. The molecule has 0 unspecified atom stereocenters. The first-order valence-electron chi connectivity index (χ1n) is 9.67. The molecule has 6 nitrogen and oxygen atoms in total. The van der Waals surface area contributed by atoms with Crippen LogP contribution < -0.4 is 10.1 Å². The van der Waals surface area contributed by atoms with Crippen LogP contribution in [0.5, 0.6) is 5.75 Å². The van der Waals surface area contributed by atoms with Crippen molar-refractivity contribution in [1.29, 1.82) is 0 Å². The third-order valence-electron chi connectivity index (χ3n) is 4.49. The van der Waals surface area contributed by atoms with E-state index in [1.165, 1.54) is 11.3 Å². The van der Waals surface area contributed by atoms with Crippen LogP contribution in [0.25, 0.3) is 16.4 Å². The molecule has 1 amide bonds. The Kier molecular flexibility index (Phi) is 5.63. The quantitative estimate of drug-likeness (QED) is 0.463. The van der Waals surface area contributed by atoms with Gasteiger partial charge in [0.2, 0.25) is 5.13 Å². The van der Waals surface area contributed by atoms with Gasteiger partial charge in [-0.1, -0.05) is 17.7 Å². The Hall–Kier alpha value is -3.45. The maximum atomic E-state index is 12.7. The molecule has 2 aromatic carbocycles. The summed E-state index contributed by atoms with van der Waals surface area (Å²) in [6, 6.07) is 17.2. The van der Waals surface area contributed by atoms with Crippen LogP contribution in [0.2, 0.25) is 0 Å². The van der Waals surface area contributed by atoms with Gasteiger partial charge in [0.25, 0.3) is 5.91 Å². The van der Waals surface area contributed by atoms with E-state index in [0.717, 1.165) is 28.3 Å². The Morgan fingerprint density at radius 3 is 2.67 bits per heavy atom. The summed E-state index contributed by atoms with van der Waals surface area (Å²) >= 11 is 1.47. The topological polar surface area (TPSA) is 69.0 Å². The molecule has 2 heterocycles. The van der Waals surface area contributed by atoms with E-state index >= 15 is 0 Å². The third-order valence-corrected chi connectivity index (χ3v) is 5.30. The molecule has 1 N–H and O–H groups in total.